The number of aliphatic imine (C=N–C) groups is 1. The molecule has 0 aliphatic carbocycles. The van der Waals surface area contributed by atoms with Crippen LogP contribution in [0.5, 0.6) is 17.2 Å². The van der Waals surface area contributed by atoms with Gasteiger partial charge in [-0.2, -0.15) is 0 Å². The molecule has 0 aromatic heterocycles. The van der Waals surface area contributed by atoms with Crippen molar-refractivity contribution in [1.82, 2.24) is 10.2 Å². The van der Waals surface area contributed by atoms with E-state index in [0.29, 0.717) is 35.8 Å². The first-order valence-electron chi connectivity index (χ1n) is 16.9. The predicted octanol–water partition coefficient (Wildman–Crippen LogP) is 6.91. The number of ether oxygens (including phenoxy) is 3. The summed E-state index contributed by atoms with van der Waals surface area (Å²) >= 11 is 0. The summed E-state index contributed by atoms with van der Waals surface area (Å²) in [5.41, 5.74) is 10.5. The second-order valence-electron chi connectivity index (χ2n) is 12.4. The van der Waals surface area contributed by atoms with Crippen LogP contribution in [-0.4, -0.2) is 63.1 Å². The molecule has 0 bridgehead atoms. The highest BCUT2D eigenvalue weighted by atomic mass is 16.5. The van der Waals surface area contributed by atoms with Crippen LogP contribution in [0.15, 0.2) is 83.4 Å². The van der Waals surface area contributed by atoms with Crippen molar-refractivity contribution in [3.05, 3.63) is 89.5 Å². The summed E-state index contributed by atoms with van der Waals surface area (Å²) < 4.78 is 17.6. The highest BCUT2D eigenvalue weighted by Gasteiger charge is 2.24. The third-order valence-corrected chi connectivity index (χ3v) is 7.76. The van der Waals surface area contributed by atoms with Crippen LogP contribution in [0.25, 0.3) is 0 Å². The minimum Gasteiger partial charge on any atom is -0.491 e. The smallest absolute Gasteiger partial charge is 0.292 e. The van der Waals surface area contributed by atoms with E-state index in [1.165, 1.54) is 6.21 Å². The summed E-state index contributed by atoms with van der Waals surface area (Å²) in [5, 5.41) is 18.6. The van der Waals surface area contributed by atoms with E-state index >= 15 is 0 Å². The molecule has 2 aliphatic heterocycles. The SMILES string of the molecule is CC=C1C=C(Oc2ccc(N=C(N)c3cc4c(cc3OC#N)OCC(C)CN4CCCCCC(=O)/C=C/CN(C)C)cc2C)C=CN1.CC=N. The zero-order chi connectivity index (χ0) is 36.5. The molecule has 2 aromatic rings. The Hall–Kier alpha value is -5.34. The quantitative estimate of drug-likeness (QED) is 0.0635. The van der Waals surface area contributed by atoms with Crippen LogP contribution in [0.4, 0.5) is 11.4 Å². The number of likely N-dealkylation sites (N-methyl/N-ethyl adjacent to an activating group) is 1. The number of nitrogens with zero attached hydrogens (tertiary/aromatic N) is 4. The maximum atomic E-state index is 12.2. The molecule has 1 unspecified atom stereocenters. The highest BCUT2D eigenvalue weighted by Crippen LogP contribution is 2.39. The number of fused-ring (bicyclic) bond motifs is 1. The summed E-state index contributed by atoms with van der Waals surface area (Å²) in [7, 11) is 3.96. The third kappa shape index (κ3) is 12.3. The topological polar surface area (TPSA) is 149 Å². The second kappa shape index (κ2) is 20.2. The molecule has 0 saturated heterocycles. The number of anilines is 1. The van der Waals surface area contributed by atoms with Crippen molar-refractivity contribution in [1.29, 1.82) is 10.7 Å². The molecule has 2 aliphatic rings. The average molecular weight is 682 g/mol. The van der Waals surface area contributed by atoms with E-state index in [2.05, 4.69) is 17.1 Å². The lowest BCUT2D eigenvalue weighted by molar-refractivity contribution is -0.114. The zero-order valence-corrected chi connectivity index (χ0v) is 30.2. The van der Waals surface area contributed by atoms with Gasteiger partial charge in [-0.25, -0.2) is 4.99 Å². The van der Waals surface area contributed by atoms with Crippen molar-refractivity contribution < 1.29 is 19.0 Å². The monoisotopic (exact) mass is 681 g/mol. The maximum Gasteiger partial charge on any atom is 0.292 e. The molecule has 11 heteroatoms. The van der Waals surface area contributed by atoms with Gasteiger partial charge in [-0.1, -0.05) is 25.5 Å². The summed E-state index contributed by atoms with van der Waals surface area (Å²) in [4.78, 5) is 21.2. The number of nitrogens with one attached hydrogen (secondary N) is 2. The van der Waals surface area contributed by atoms with E-state index in [4.69, 9.17) is 30.3 Å². The zero-order valence-electron chi connectivity index (χ0n) is 30.2. The summed E-state index contributed by atoms with van der Waals surface area (Å²) in [6.45, 7) is 10.6. The van der Waals surface area contributed by atoms with Crippen LogP contribution in [0.1, 0.15) is 57.6 Å². The van der Waals surface area contributed by atoms with Gasteiger partial charge in [-0.15, -0.1) is 5.26 Å². The van der Waals surface area contributed by atoms with Crippen molar-refractivity contribution in [3.63, 3.8) is 0 Å². The second-order valence-corrected chi connectivity index (χ2v) is 12.4. The number of nitriles is 1. The first-order valence-corrected chi connectivity index (χ1v) is 16.9. The van der Waals surface area contributed by atoms with Gasteiger partial charge in [0.15, 0.2) is 11.5 Å². The average Bonchev–Trinajstić information content (AvgIpc) is 3.23. The number of rotatable bonds is 14. The van der Waals surface area contributed by atoms with Gasteiger partial charge < -0.3 is 40.5 Å². The Labute approximate surface area is 296 Å². The van der Waals surface area contributed by atoms with Gasteiger partial charge in [0.2, 0.25) is 0 Å². The molecular formula is C39H51N7O4. The first-order chi connectivity index (χ1) is 24.1. The van der Waals surface area contributed by atoms with Crippen LogP contribution < -0.4 is 30.2 Å². The first kappa shape index (κ1) is 39.1. The van der Waals surface area contributed by atoms with Crippen LogP contribution in [0.2, 0.25) is 0 Å². The van der Waals surface area contributed by atoms with Crippen molar-refractivity contribution in [2.75, 3.05) is 45.2 Å². The Balaban J connectivity index is 0.00000217. The third-order valence-electron chi connectivity index (χ3n) is 7.76. The molecule has 4 rings (SSSR count). The number of carbonyl (C=O) groups excluding carboxylic acids is 1. The predicted molar refractivity (Wildman–Crippen MR) is 201 cm³/mol. The minimum atomic E-state index is 0.162. The molecular weight excluding hydrogens is 630 g/mol. The fourth-order valence-corrected chi connectivity index (χ4v) is 5.31. The molecule has 0 radical (unpaired) electrons. The molecule has 1 atom stereocenters. The molecule has 4 N–H and O–H groups in total. The van der Waals surface area contributed by atoms with Crippen molar-refractivity contribution in [3.8, 4) is 23.5 Å². The van der Waals surface area contributed by atoms with Gasteiger partial charge in [-0.3, -0.25) is 4.79 Å². The number of ketones is 1. The molecule has 0 spiro atoms. The largest absolute Gasteiger partial charge is 0.491 e. The van der Waals surface area contributed by atoms with Gasteiger partial charge in [-0.05, 0) is 95.9 Å². The Bertz CT molecular complexity index is 1670. The number of hydrogen-bond acceptors (Lipinski definition) is 10. The molecule has 266 valence electrons. The summed E-state index contributed by atoms with van der Waals surface area (Å²) in [6.07, 6.45) is 17.5. The van der Waals surface area contributed by atoms with E-state index in [0.717, 1.165) is 61.6 Å². The Morgan fingerprint density at radius 1 is 1.22 bits per heavy atom. The minimum absolute atomic E-state index is 0.162. The van der Waals surface area contributed by atoms with Gasteiger partial charge in [0.25, 0.3) is 6.26 Å². The Morgan fingerprint density at radius 2 is 2.00 bits per heavy atom. The summed E-state index contributed by atoms with van der Waals surface area (Å²) in [5.74, 6) is 3.01. The molecule has 50 heavy (non-hydrogen) atoms. The molecule has 0 amide bonds. The van der Waals surface area contributed by atoms with Gasteiger partial charge in [0.1, 0.15) is 23.1 Å². The Morgan fingerprint density at radius 3 is 2.70 bits per heavy atom. The lowest BCUT2D eigenvalue weighted by atomic mass is 10.1. The molecule has 2 aromatic carbocycles. The number of carbonyl (C=O) groups is 1. The standard InChI is InChI=1S/C37H46N6O4.C2H5N/c1-6-28-20-31(15-16-40-28)47-34-14-13-29(19-27(34)3)41-37(39)32-21-33-36(22-35(32)46-25-38)45-24-26(2)23-43(33)18-9-7-8-11-30(44)12-10-17-42(4)5;1-2-3/h6,10,12-16,19-22,26,40H,7-9,11,17-18,23-24H2,1-5H3,(H2,39,41);2-3H,1H3/b12-10+,28-6?;. The number of unbranched alkanes of at least 4 members (excludes halogenated alkanes) is 2. The van der Waals surface area contributed by atoms with Gasteiger partial charge >= 0.3 is 0 Å². The number of allylic oxidation sites excluding steroid dienone is 4. The summed E-state index contributed by atoms with van der Waals surface area (Å²) in [6, 6.07) is 9.23. The van der Waals surface area contributed by atoms with Crippen molar-refractivity contribution in [2.24, 2.45) is 16.6 Å². The molecule has 0 fully saturated rings. The lowest BCUT2D eigenvalue weighted by Gasteiger charge is -2.26. The van der Waals surface area contributed by atoms with E-state index in [1.807, 2.05) is 87.6 Å². The van der Waals surface area contributed by atoms with Crippen LogP contribution in [0.3, 0.4) is 0 Å². The number of amidine groups is 1. The number of benzene rings is 2. The fourth-order valence-electron chi connectivity index (χ4n) is 5.31. The highest BCUT2D eigenvalue weighted by molar-refractivity contribution is 6.03. The number of aryl methyl sites for hydroxylation is 1. The molecule has 11 nitrogen and oxygen atoms in total. The van der Waals surface area contributed by atoms with E-state index in [-0.39, 0.29) is 23.3 Å². The van der Waals surface area contributed by atoms with Gasteiger partial charge in [0, 0.05) is 56.0 Å². The Kier molecular flexibility index (Phi) is 15.8. The number of nitrogens with two attached hydrogens (primary N) is 1. The van der Waals surface area contributed by atoms with Crippen LogP contribution in [0, 0.1) is 29.8 Å². The van der Waals surface area contributed by atoms with Crippen molar-refractivity contribution in [2.45, 2.75) is 53.4 Å². The van der Waals surface area contributed by atoms with Crippen molar-refractivity contribution >= 4 is 29.2 Å². The number of hydrogen-bond donors (Lipinski definition) is 3. The lowest BCUT2D eigenvalue weighted by Crippen LogP contribution is -2.29. The van der Waals surface area contributed by atoms with Crippen LogP contribution in [-0.2, 0) is 4.79 Å². The van der Waals surface area contributed by atoms with Gasteiger partial charge in [0.05, 0.1) is 23.5 Å². The van der Waals surface area contributed by atoms with Crippen LogP contribution >= 0.6 is 0 Å². The van der Waals surface area contributed by atoms with E-state index in [1.54, 1.807) is 25.3 Å². The fraction of sp³-hybridized carbons (Fsp3) is 0.385. The van der Waals surface area contributed by atoms with E-state index in [9.17, 15) is 10.1 Å². The van der Waals surface area contributed by atoms with E-state index < -0.39 is 0 Å². The molecule has 2 heterocycles. The maximum absolute atomic E-state index is 12.2. The number of dihydropyridines is 1. The molecule has 0 saturated carbocycles. The normalized spacial score (nSPS) is 16.3.